The van der Waals surface area contributed by atoms with Crippen molar-refractivity contribution in [3.63, 3.8) is 0 Å². The normalized spacial score (nSPS) is 14.5. The number of benzene rings is 2. The fourth-order valence-corrected chi connectivity index (χ4v) is 5.78. The number of hydrogen-bond acceptors (Lipinski definition) is 8. The molecule has 2 fully saturated rings. The highest BCUT2D eigenvalue weighted by Gasteiger charge is 2.24. The van der Waals surface area contributed by atoms with E-state index in [1.165, 1.54) is 24.3 Å². The molecule has 2 aliphatic rings. The smallest absolute Gasteiger partial charge is 0.246 e. The number of nitrogens with one attached hydrogen (secondary N) is 2. The number of nitrogens with zero attached hydrogens (tertiary/aromatic N) is 4. The summed E-state index contributed by atoms with van der Waals surface area (Å²) in [5.74, 6) is -0.388. The Hall–Kier alpha value is -2.96. The molecule has 16 heteroatoms. The van der Waals surface area contributed by atoms with Crippen molar-refractivity contribution < 1.29 is 29.4 Å². The van der Waals surface area contributed by atoms with Crippen LogP contribution < -0.4 is 10.6 Å². The van der Waals surface area contributed by atoms with Gasteiger partial charge in [0.2, 0.25) is 23.6 Å². The first-order valence-electron chi connectivity index (χ1n) is 14.1. The molecule has 0 aromatic heterocycles. The van der Waals surface area contributed by atoms with Crippen LogP contribution >= 0.6 is 68.4 Å². The summed E-state index contributed by atoms with van der Waals surface area (Å²) in [7, 11) is 0. The lowest BCUT2D eigenvalue weighted by molar-refractivity contribution is -0.136. The number of anilines is 2. The van der Waals surface area contributed by atoms with Gasteiger partial charge in [0.25, 0.3) is 0 Å². The predicted molar refractivity (Wildman–Crippen MR) is 195 cm³/mol. The Bertz CT molecular complexity index is 1370. The number of carbonyl (C=O) groups is 4. The van der Waals surface area contributed by atoms with Gasteiger partial charge in [-0.25, -0.2) is 0 Å². The molecule has 46 heavy (non-hydrogen) atoms. The number of carbonyl (C=O) groups excluding carboxylic acids is 4. The van der Waals surface area contributed by atoms with Gasteiger partial charge in [0.05, 0.1) is 34.5 Å². The van der Waals surface area contributed by atoms with Crippen molar-refractivity contribution in [1.82, 2.24) is 19.6 Å². The van der Waals surface area contributed by atoms with Gasteiger partial charge in [0.15, 0.2) is 0 Å². The van der Waals surface area contributed by atoms with E-state index in [9.17, 15) is 29.4 Å². The van der Waals surface area contributed by atoms with Crippen LogP contribution in [-0.4, -0.2) is 119 Å². The third kappa shape index (κ3) is 10.5. The van der Waals surface area contributed by atoms with Crippen LogP contribution in [0.5, 0.6) is 11.5 Å². The summed E-state index contributed by atoms with van der Waals surface area (Å²) in [5.41, 5.74) is 0.931. The molecule has 0 bridgehead atoms. The zero-order valence-corrected chi connectivity index (χ0v) is 30.6. The molecule has 0 aliphatic carbocycles. The third-order valence-corrected chi connectivity index (χ3v) is 10.2. The van der Waals surface area contributed by atoms with Gasteiger partial charge in [0, 0.05) is 71.6 Å². The zero-order chi connectivity index (χ0) is 34.0. The van der Waals surface area contributed by atoms with E-state index in [1.54, 1.807) is 31.7 Å². The lowest BCUT2D eigenvalue weighted by Gasteiger charge is -2.34. The van der Waals surface area contributed by atoms with Crippen LogP contribution in [0.15, 0.2) is 49.6 Å². The number of phenols is 2. The summed E-state index contributed by atoms with van der Waals surface area (Å²) >= 11 is 15.9. The number of rotatable bonds is 8. The van der Waals surface area contributed by atoms with E-state index in [2.05, 4.69) is 69.0 Å². The number of amides is 4. The highest BCUT2D eigenvalue weighted by atomic mass is 127. The van der Waals surface area contributed by atoms with Crippen molar-refractivity contribution in [1.29, 1.82) is 0 Å². The molecule has 4 amide bonds. The molecular weight excluding hydrogens is 865 g/mol. The largest absolute Gasteiger partial charge is 0.506 e. The quantitative estimate of drug-likeness (QED) is 0.178. The molecular formula is C30H34Cl2I2N6O6. The second-order valence-electron chi connectivity index (χ2n) is 10.1. The lowest BCUT2D eigenvalue weighted by atomic mass is 10.2. The van der Waals surface area contributed by atoms with E-state index >= 15 is 0 Å². The first-order chi connectivity index (χ1) is 21.8. The number of phenolic OH excluding ortho intramolecular Hbond substituents is 2. The average Bonchev–Trinajstić information content (AvgIpc) is 3.06. The summed E-state index contributed by atoms with van der Waals surface area (Å²) in [4.78, 5) is 54.1. The average molecular weight is 899 g/mol. The molecule has 4 N–H and O–H groups in total. The predicted octanol–water partition coefficient (Wildman–Crippen LogP) is 3.84. The van der Waals surface area contributed by atoms with E-state index in [-0.39, 0.29) is 48.2 Å². The molecule has 12 nitrogen and oxygen atoms in total. The van der Waals surface area contributed by atoms with Crippen LogP contribution in [0.3, 0.4) is 0 Å². The molecule has 2 aromatic rings. The third-order valence-electron chi connectivity index (χ3n) is 7.17. The van der Waals surface area contributed by atoms with Crippen LogP contribution in [0.4, 0.5) is 11.4 Å². The molecule has 0 atom stereocenters. The minimum atomic E-state index is -0.115. The van der Waals surface area contributed by atoms with Crippen molar-refractivity contribution in [3.05, 3.63) is 66.8 Å². The van der Waals surface area contributed by atoms with E-state index in [0.29, 0.717) is 73.8 Å². The molecule has 0 spiro atoms. The van der Waals surface area contributed by atoms with Crippen LogP contribution in [0.1, 0.15) is 0 Å². The summed E-state index contributed by atoms with van der Waals surface area (Å²) in [6.45, 7) is 11.0. The maximum Gasteiger partial charge on any atom is 0.246 e. The lowest BCUT2D eigenvalue weighted by Crippen LogP contribution is -2.51. The highest BCUT2D eigenvalue weighted by Crippen LogP contribution is 2.32. The van der Waals surface area contributed by atoms with Crippen molar-refractivity contribution in [3.8, 4) is 11.5 Å². The fraction of sp³-hybridized carbons (Fsp3) is 0.333. The monoisotopic (exact) mass is 898 g/mol. The molecule has 0 saturated carbocycles. The van der Waals surface area contributed by atoms with Gasteiger partial charge in [-0.15, -0.1) is 0 Å². The van der Waals surface area contributed by atoms with Crippen LogP contribution in [0, 0.1) is 7.14 Å². The number of aromatic hydroxyl groups is 2. The summed E-state index contributed by atoms with van der Waals surface area (Å²) < 4.78 is 1.57. The van der Waals surface area contributed by atoms with Gasteiger partial charge in [-0.3, -0.25) is 19.2 Å². The van der Waals surface area contributed by atoms with E-state index in [0.717, 1.165) is 7.14 Å². The van der Waals surface area contributed by atoms with Crippen molar-refractivity contribution in [2.24, 2.45) is 0 Å². The van der Waals surface area contributed by atoms with Crippen LogP contribution in [0.2, 0.25) is 10.0 Å². The molecule has 2 saturated heterocycles. The second-order valence-corrected chi connectivity index (χ2v) is 13.2. The minimum absolute atomic E-state index is 0.00427. The summed E-state index contributed by atoms with van der Waals surface area (Å²) in [6.07, 6.45) is 2.56. The first kappa shape index (κ1) is 37.5. The molecule has 4 rings (SSSR count). The summed E-state index contributed by atoms with van der Waals surface area (Å²) in [6, 6.07) is 6.25. The topological polar surface area (TPSA) is 146 Å². The van der Waals surface area contributed by atoms with Gasteiger partial charge >= 0.3 is 0 Å². The minimum Gasteiger partial charge on any atom is -0.506 e. The number of hydrogen-bond donors (Lipinski definition) is 4. The Labute approximate surface area is 304 Å². The Morgan fingerprint density at radius 1 is 0.652 bits per heavy atom. The van der Waals surface area contributed by atoms with Crippen LogP contribution in [-0.2, 0) is 19.2 Å². The first-order valence-corrected chi connectivity index (χ1v) is 17.0. The molecule has 0 radical (unpaired) electrons. The maximum atomic E-state index is 12.2. The molecule has 2 heterocycles. The highest BCUT2D eigenvalue weighted by molar-refractivity contribution is 14.1. The van der Waals surface area contributed by atoms with Gasteiger partial charge in [-0.1, -0.05) is 36.4 Å². The van der Waals surface area contributed by atoms with Gasteiger partial charge in [-0.05, 0) is 69.5 Å². The Balaban J connectivity index is 0.000000250. The standard InChI is InChI=1S/2C15H17ClIN3O3/c2*1-2-14(22)19-3-5-20(6-4-19)15(23)9-18-12-8-11(17)10(16)7-13(12)21/h2*2,7-8,18,21H,1,3-6,9H2. The van der Waals surface area contributed by atoms with E-state index in [4.69, 9.17) is 23.2 Å². The SMILES string of the molecule is C=CC(=O)N1CCN(C(=O)CNc2cc(I)c(Cl)cc2O)CC1.C=CC(=O)N1CCN(C(=O)CNc2cc(I)c(Cl)cc2O)CC1. The molecule has 2 aromatic carbocycles. The van der Waals surface area contributed by atoms with Crippen molar-refractivity contribution >= 4 is 103 Å². The van der Waals surface area contributed by atoms with Gasteiger partial charge in [-0.2, -0.15) is 0 Å². The second kappa shape index (κ2) is 17.8. The van der Waals surface area contributed by atoms with Gasteiger partial charge < -0.3 is 40.4 Å². The van der Waals surface area contributed by atoms with Crippen LogP contribution in [0.25, 0.3) is 0 Å². The molecule has 2 aliphatic heterocycles. The summed E-state index contributed by atoms with van der Waals surface area (Å²) in [5, 5.41) is 26.4. The maximum absolute atomic E-state index is 12.2. The zero-order valence-electron chi connectivity index (χ0n) is 24.8. The fourth-order valence-electron chi connectivity index (χ4n) is 4.53. The molecule has 0 unspecified atom stereocenters. The number of halogens is 4. The molecule has 248 valence electrons. The Kier molecular flexibility index (Phi) is 14.5. The van der Waals surface area contributed by atoms with Crippen molar-refractivity contribution in [2.45, 2.75) is 0 Å². The van der Waals surface area contributed by atoms with E-state index < -0.39 is 0 Å². The van der Waals surface area contributed by atoms with Crippen molar-refractivity contribution in [2.75, 3.05) is 76.1 Å². The Morgan fingerprint density at radius 2 is 0.957 bits per heavy atom. The van der Waals surface area contributed by atoms with E-state index in [1.807, 2.05) is 0 Å². The Morgan fingerprint density at radius 3 is 1.26 bits per heavy atom. The van der Waals surface area contributed by atoms with Gasteiger partial charge in [0.1, 0.15) is 11.5 Å². The number of piperazine rings is 2.